The minimum Gasteiger partial charge on any atom is -0.360 e. The van der Waals surface area contributed by atoms with Crippen LogP contribution in [0.25, 0.3) is 0 Å². The van der Waals surface area contributed by atoms with Gasteiger partial charge in [0.25, 0.3) is 0 Å². The Morgan fingerprint density at radius 3 is 2.24 bits per heavy atom. The summed E-state index contributed by atoms with van der Waals surface area (Å²) in [6, 6.07) is 9.70. The highest BCUT2D eigenvalue weighted by Gasteiger charge is 2.26. The van der Waals surface area contributed by atoms with Crippen molar-refractivity contribution in [1.82, 2.24) is 4.31 Å². The van der Waals surface area contributed by atoms with Gasteiger partial charge in [0.1, 0.15) is 17.7 Å². The fourth-order valence-corrected chi connectivity index (χ4v) is 3.56. The number of anilines is 1. The number of nitriles is 2. The van der Waals surface area contributed by atoms with Crippen molar-refractivity contribution >= 4 is 15.7 Å². The first-order valence-electron chi connectivity index (χ1n) is 6.45. The number of rotatable bonds is 4. The molecule has 21 heavy (non-hydrogen) atoms. The molecule has 0 aliphatic carbocycles. The van der Waals surface area contributed by atoms with Crippen molar-refractivity contribution in [3.8, 4) is 12.1 Å². The fourth-order valence-electron chi connectivity index (χ4n) is 2.05. The van der Waals surface area contributed by atoms with Crippen LogP contribution in [0.1, 0.15) is 12.8 Å². The van der Waals surface area contributed by atoms with E-state index in [0.717, 1.165) is 12.8 Å². The Bertz CT molecular complexity index is 702. The van der Waals surface area contributed by atoms with Crippen LogP contribution in [0.5, 0.6) is 0 Å². The summed E-state index contributed by atoms with van der Waals surface area (Å²) >= 11 is 0. The number of nitrogens with one attached hydrogen (secondary N) is 1. The van der Waals surface area contributed by atoms with Crippen molar-refractivity contribution in [2.45, 2.75) is 17.7 Å². The van der Waals surface area contributed by atoms with Gasteiger partial charge in [0.15, 0.2) is 0 Å². The number of nitrogens with zero attached hydrogens (tertiary/aromatic N) is 3. The van der Waals surface area contributed by atoms with E-state index in [0.29, 0.717) is 18.8 Å². The van der Waals surface area contributed by atoms with Crippen molar-refractivity contribution in [2.75, 3.05) is 18.4 Å². The molecule has 0 atom stereocenters. The van der Waals surface area contributed by atoms with Gasteiger partial charge in [-0.1, -0.05) is 0 Å². The number of sulfonamides is 1. The van der Waals surface area contributed by atoms with Gasteiger partial charge in [-0.15, -0.1) is 0 Å². The molecule has 0 unspecified atom stereocenters. The fraction of sp³-hybridized carbons (Fsp3) is 0.286. The van der Waals surface area contributed by atoms with Crippen molar-refractivity contribution in [1.29, 1.82) is 10.5 Å². The molecule has 0 saturated carbocycles. The summed E-state index contributed by atoms with van der Waals surface area (Å²) < 4.78 is 26.1. The third kappa shape index (κ3) is 3.40. The highest BCUT2D eigenvalue weighted by atomic mass is 32.2. The Kier molecular flexibility index (Phi) is 4.59. The molecule has 7 heteroatoms. The molecule has 1 N–H and O–H groups in total. The first-order chi connectivity index (χ1) is 10.1. The van der Waals surface area contributed by atoms with Gasteiger partial charge in [0, 0.05) is 25.0 Å². The second-order valence-corrected chi connectivity index (χ2v) is 6.50. The van der Waals surface area contributed by atoms with E-state index in [-0.39, 0.29) is 10.5 Å². The number of benzene rings is 1. The molecule has 0 spiro atoms. The zero-order chi connectivity index (χ0) is 15.3. The molecule has 1 fully saturated rings. The van der Waals surface area contributed by atoms with E-state index >= 15 is 0 Å². The average Bonchev–Trinajstić information content (AvgIpc) is 3.04. The molecule has 2 rings (SSSR count). The summed E-state index contributed by atoms with van der Waals surface area (Å²) in [4.78, 5) is 0.250. The summed E-state index contributed by atoms with van der Waals surface area (Å²) in [6.07, 6.45) is 3.08. The maximum absolute atomic E-state index is 12.3. The monoisotopic (exact) mass is 302 g/mol. The van der Waals surface area contributed by atoms with E-state index < -0.39 is 10.0 Å². The van der Waals surface area contributed by atoms with Gasteiger partial charge in [0.2, 0.25) is 10.0 Å². The maximum Gasteiger partial charge on any atom is 0.243 e. The summed E-state index contributed by atoms with van der Waals surface area (Å²) in [7, 11) is -3.41. The van der Waals surface area contributed by atoms with Gasteiger partial charge in [0.05, 0.1) is 4.90 Å². The molecule has 0 radical (unpaired) electrons. The largest absolute Gasteiger partial charge is 0.360 e. The number of hydrogen-bond acceptors (Lipinski definition) is 5. The Labute approximate surface area is 124 Å². The molecule has 0 amide bonds. The number of allylic oxidation sites excluding steroid dienone is 1. The Hall–Kier alpha value is -2.35. The van der Waals surface area contributed by atoms with Crippen LogP contribution in [0.3, 0.4) is 0 Å². The third-order valence-electron chi connectivity index (χ3n) is 3.18. The average molecular weight is 302 g/mol. The Morgan fingerprint density at radius 2 is 1.71 bits per heavy atom. The van der Waals surface area contributed by atoms with Gasteiger partial charge in [-0.05, 0) is 37.1 Å². The van der Waals surface area contributed by atoms with Crippen LogP contribution in [0, 0.1) is 22.7 Å². The van der Waals surface area contributed by atoms with Crippen LogP contribution in [0.2, 0.25) is 0 Å². The molecule has 0 bridgehead atoms. The first kappa shape index (κ1) is 15.0. The molecule has 0 aromatic heterocycles. The van der Waals surface area contributed by atoms with E-state index in [1.54, 1.807) is 24.3 Å². The van der Waals surface area contributed by atoms with Crippen LogP contribution in [0.15, 0.2) is 40.9 Å². The highest BCUT2D eigenvalue weighted by Crippen LogP contribution is 2.22. The van der Waals surface area contributed by atoms with Gasteiger partial charge in [-0.2, -0.15) is 14.8 Å². The standard InChI is InChI=1S/C14H14N4O2S/c15-9-12(10-16)11-17-13-3-5-14(6-4-13)21(19,20)18-7-1-2-8-18/h3-6,11,17H,1-2,7-8H2. The second kappa shape index (κ2) is 6.40. The molecule has 1 saturated heterocycles. The topological polar surface area (TPSA) is 97.0 Å². The van der Waals surface area contributed by atoms with Crippen molar-refractivity contribution in [2.24, 2.45) is 0 Å². The third-order valence-corrected chi connectivity index (χ3v) is 5.09. The Balaban J connectivity index is 2.14. The lowest BCUT2D eigenvalue weighted by molar-refractivity contribution is 0.477. The van der Waals surface area contributed by atoms with E-state index in [1.807, 2.05) is 0 Å². The molecule has 1 aliphatic heterocycles. The van der Waals surface area contributed by atoms with Crippen LogP contribution >= 0.6 is 0 Å². The summed E-state index contributed by atoms with van der Waals surface area (Å²) in [5.41, 5.74) is 0.558. The minimum absolute atomic E-state index is 0.0521. The lowest BCUT2D eigenvalue weighted by atomic mass is 10.3. The Morgan fingerprint density at radius 1 is 1.14 bits per heavy atom. The zero-order valence-electron chi connectivity index (χ0n) is 11.3. The van der Waals surface area contributed by atoms with E-state index in [9.17, 15) is 8.42 Å². The summed E-state index contributed by atoms with van der Waals surface area (Å²) in [6.45, 7) is 1.14. The SMILES string of the molecule is N#CC(C#N)=CNc1ccc(S(=O)(=O)N2CCCC2)cc1. The van der Waals surface area contributed by atoms with Gasteiger partial charge in [-0.25, -0.2) is 8.42 Å². The van der Waals surface area contributed by atoms with E-state index in [2.05, 4.69) is 5.32 Å². The quantitative estimate of drug-likeness (QED) is 0.855. The zero-order valence-corrected chi connectivity index (χ0v) is 12.1. The van der Waals surface area contributed by atoms with E-state index in [1.165, 1.54) is 22.6 Å². The van der Waals surface area contributed by atoms with Crippen LogP contribution in [0.4, 0.5) is 5.69 Å². The lowest BCUT2D eigenvalue weighted by Crippen LogP contribution is -2.27. The van der Waals surface area contributed by atoms with Crippen LogP contribution < -0.4 is 5.32 Å². The van der Waals surface area contributed by atoms with Crippen LogP contribution in [-0.4, -0.2) is 25.8 Å². The van der Waals surface area contributed by atoms with Crippen molar-refractivity contribution < 1.29 is 8.42 Å². The lowest BCUT2D eigenvalue weighted by Gasteiger charge is -2.15. The molecule has 108 valence electrons. The molecule has 1 aliphatic rings. The van der Waals surface area contributed by atoms with Crippen molar-refractivity contribution in [3.63, 3.8) is 0 Å². The van der Waals surface area contributed by atoms with Crippen molar-refractivity contribution in [3.05, 3.63) is 36.0 Å². The molecular formula is C14H14N4O2S. The molecule has 1 heterocycles. The normalized spacial score (nSPS) is 15.0. The summed E-state index contributed by atoms with van der Waals surface area (Å²) in [5.74, 6) is 0. The van der Waals surface area contributed by atoms with E-state index in [4.69, 9.17) is 10.5 Å². The molecule has 6 nitrogen and oxygen atoms in total. The van der Waals surface area contributed by atoms with Gasteiger partial charge < -0.3 is 5.32 Å². The molecule has 1 aromatic rings. The summed E-state index contributed by atoms with van der Waals surface area (Å²) in [5, 5.41) is 20.0. The smallest absolute Gasteiger partial charge is 0.243 e. The molecule has 1 aromatic carbocycles. The highest BCUT2D eigenvalue weighted by molar-refractivity contribution is 7.89. The predicted octanol–water partition coefficient (Wildman–Crippen LogP) is 1.81. The first-order valence-corrected chi connectivity index (χ1v) is 7.89. The maximum atomic E-state index is 12.3. The van der Waals surface area contributed by atoms with Crippen LogP contribution in [-0.2, 0) is 10.0 Å². The predicted molar refractivity (Wildman–Crippen MR) is 77.4 cm³/mol. The van der Waals surface area contributed by atoms with Gasteiger partial charge >= 0.3 is 0 Å². The molecular weight excluding hydrogens is 288 g/mol. The second-order valence-electron chi connectivity index (χ2n) is 4.56. The number of hydrogen-bond donors (Lipinski definition) is 1. The minimum atomic E-state index is -3.41. The van der Waals surface area contributed by atoms with Gasteiger partial charge in [-0.3, -0.25) is 0 Å².